The molecule has 6 rings (SSSR count). The number of aryl methyl sites for hydroxylation is 2. The zero-order valence-electron chi connectivity index (χ0n) is 25.1. The Hall–Kier alpha value is -5.30. The minimum atomic E-state index is -4.67. The van der Waals surface area contributed by atoms with Gasteiger partial charge in [-0.15, -0.1) is 0 Å². The van der Waals surface area contributed by atoms with Crippen LogP contribution in [0.5, 0.6) is 17.2 Å². The van der Waals surface area contributed by atoms with Crippen molar-refractivity contribution in [1.29, 1.82) is 5.26 Å². The van der Waals surface area contributed by atoms with E-state index >= 15 is 0 Å². The molecule has 0 saturated carbocycles. The second-order valence-electron chi connectivity index (χ2n) is 10.8. The van der Waals surface area contributed by atoms with Crippen LogP contribution in [-0.2, 0) is 12.4 Å². The Morgan fingerprint density at radius 2 is 1.00 bits per heavy atom. The largest absolute Gasteiger partial charge is 1.20 e. The summed E-state index contributed by atoms with van der Waals surface area (Å²) in [5, 5.41) is 8.67. The lowest BCUT2D eigenvalue weighted by molar-refractivity contribution is -0.137. The Bertz CT molecular complexity index is 2080. The first-order chi connectivity index (χ1) is 22.8. The van der Waals surface area contributed by atoms with E-state index in [0.29, 0.717) is 17.0 Å². The molecule has 0 amide bonds. The van der Waals surface area contributed by atoms with E-state index in [1.54, 1.807) is 62.4 Å². The number of pyridine rings is 2. The molecule has 0 N–H and O–H groups in total. The van der Waals surface area contributed by atoms with E-state index < -0.39 is 38.6 Å². The maximum absolute atomic E-state index is 13.9. The number of fused-ring (bicyclic) bond motifs is 2. The SMILES string of the molecule is Cc1ccc2c(C(F)(F)F)ccc([O][Al]([O]c3ccc(-c4ccc(C#N)cc4)cc3)[O]c3ccc(C(F)(F)F)c4ccc(C)nc34)c2n1. The number of aromatic nitrogens is 2. The Morgan fingerprint density at radius 3 is 1.42 bits per heavy atom. The van der Waals surface area contributed by atoms with Crippen molar-refractivity contribution in [2.45, 2.75) is 26.2 Å². The van der Waals surface area contributed by atoms with Gasteiger partial charge in [0.2, 0.25) is 0 Å². The van der Waals surface area contributed by atoms with E-state index in [4.69, 9.17) is 16.6 Å². The molecule has 6 aromatic rings. The number of hydrogen-bond donors (Lipinski definition) is 0. The third-order valence-electron chi connectivity index (χ3n) is 7.41. The molecule has 0 fully saturated rings. The highest BCUT2D eigenvalue weighted by molar-refractivity contribution is 6.40. The summed E-state index contributed by atoms with van der Waals surface area (Å²) >= 11 is -3.55. The van der Waals surface area contributed by atoms with Crippen LogP contribution >= 0.6 is 0 Å². The molecule has 0 bridgehead atoms. The average Bonchev–Trinajstić information content (AvgIpc) is 3.04. The van der Waals surface area contributed by atoms with Gasteiger partial charge in [-0.2, -0.15) is 31.6 Å². The first-order valence-electron chi connectivity index (χ1n) is 14.4. The molecular formula is C35H22AlF6N3O3. The van der Waals surface area contributed by atoms with Gasteiger partial charge < -0.3 is 11.4 Å². The maximum atomic E-state index is 13.9. The predicted molar refractivity (Wildman–Crippen MR) is 167 cm³/mol. The number of alkyl halides is 6. The molecule has 6 nitrogen and oxygen atoms in total. The standard InChI is InChI=1S/C13H9NO.2C11H8F3NO.Al/c14-9-10-1-3-11(4-2-10)12-5-7-13(15)8-6-12;2*1-6-2-3-7-8(11(12,13)14)4-5-9(16)10(7)15-6;/h1-8,15H;2*2-5,16H,1H3;/q;;;+3/p-3. The summed E-state index contributed by atoms with van der Waals surface area (Å²) in [6, 6.07) is 25.2. The molecule has 13 heteroatoms. The fourth-order valence-electron chi connectivity index (χ4n) is 5.12. The van der Waals surface area contributed by atoms with Gasteiger partial charge in [0.15, 0.2) is 0 Å². The second kappa shape index (κ2) is 12.7. The average molecular weight is 674 g/mol. The monoisotopic (exact) mass is 673 g/mol. The zero-order valence-corrected chi connectivity index (χ0v) is 26.3. The molecule has 0 atom stereocenters. The lowest BCUT2D eigenvalue weighted by Crippen LogP contribution is -2.37. The van der Waals surface area contributed by atoms with Gasteiger partial charge in [0.05, 0.1) is 28.5 Å². The molecule has 2 heterocycles. The van der Waals surface area contributed by atoms with Crippen LogP contribution in [0.1, 0.15) is 28.1 Å². The predicted octanol–water partition coefficient (Wildman–Crippen LogP) is 9.50. The van der Waals surface area contributed by atoms with Gasteiger partial charge in [0.25, 0.3) is 0 Å². The van der Waals surface area contributed by atoms with E-state index in [1.165, 1.54) is 24.3 Å². The Kier molecular flexibility index (Phi) is 8.65. The summed E-state index contributed by atoms with van der Waals surface area (Å²) in [6.45, 7) is 3.23. The van der Waals surface area contributed by atoms with Crippen LogP contribution in [-0.4, -0.2) is 25.1 Å². The van der Waals surface area contributed by atoms with E-state index in [2.05, 4.69) is 16.0 Å². The van der Waals surface area contributed by atoms with Gasteiger partial charge in [-0.1, -0.05) is 36.4 Å². The van der Waals surface area contributed by atoms with Crippen molar-refractivity contribution in [1.82, 2.24) is 9.97 Å². The van der Waals surface area contributed by atoms with Crippen LogP contribution < -0.4 is 11.4 Å². The fraction of sp³-hybridized carbons (Fsp3) is 0.114. The number of nitriles is 1. The summed E-state index contributed by atoms with van der Waals surface area (Å²) in [5.74, 6) is 0.144. The van der Waals surface area contributed by atoms with Gasteiger partial charge >= 0.3 is 27.5 Å². The first kappa shape index (κ1) is 32.6. The quantitative estimate of drug-likeness (QED) is 0.124. The van der Waals surface area contributed by atoms with Crippen LogP contribution in [0, 0.1) is 25.2 Å². The van der Waals surface area contributed by atoms with E-state index in [1.807, 2.05) is 0 Å². The molecule has 240 valence electrons. The summed E-state index contributed by atoms with van der Waals surface area (Å²) in [6.07, 6.45) is -9.34. The third kappa shape index (κ3) is 6.86. The lowest BCUT2D eigenvalue weighted by Gasteiger charge is -2.20. The minimum Gasteiger partial charge on any atom is -0.577 e. The van der Waals surface area contributed by atoms with Gasteiger partial charge in [0.1, 0.15) is 22.5 Å². The number of nitrogens with zero attached hydrogens (tertiary/aromatic N) is 3. The number of halogens is 6. The molecule has 0 unspecified atom stereocenters. The Labute approximate surface area is 275 Å². The summed E-state index contributed by atoms with van der Waals surface area (Å²) < 4.78 is 102. The summed E-state index contributed by atoms with van der Waals surface area (Å²) in [7, 11) is 0. The number of benzene rings is 4. The molecule has 48 heavy (non-hydrogen) atoms. The van der Waals surface area contributed by atoms with Crippen molar-refractivity contribution >= 4 is 37.0 Å². The molecule has 0 radical (unpaired) electrons. The van der Waals surface area contributed by atoms with Crippen LogP contribution in [0.3, 0.4) is 0 Å². The van der Waals surface area contributed by atoms with E-state index in [0.717, 1.165) is 35.4 Å². The normalized spacial score (nSPS) is 11.7. The van der Waals surface area contributed by atoms with Crippen molar-refractivity contribution in [2.75, 3.05) is 0 Å². The second-order valence-corrected chi connectivity index (χ2v) is 12.1. The molecule has 0 aliphatic rings. The number of rotatable bonds is 7. The van der Waals surface area contributed by atoms with Gasteiger partial charge in [-0.05, 0) is 85.6 Å². The zero-order chi connectivity index (χ0) is 34.2. The van der Waals surface area contributed by atoms with Crippen molar-refractivity contribution in [2.24, 2.45) is 0 Å². The van der Waals surface area contributed by atoms with Crippen molar-refractivity contribution < 1.29 is 37.7 Å². The molecule has 0 aliphatic heterocycles. The molecular weight excluding hydrogens is 651 g/mol. The van der Waals surface area contributed by atoms with Crippen LogP contribution in [0.15, 0.2) is 97.1 Å². The van der Waals surface area contributed by atoms with Crippen LogP contribution in [0.2, 0.25) is 0 Å². The summed E-state index contributed by atoms with van der Waals surface area (Å²) in [4.78, 5) is 8.61. The van der Waals surface area contributed by atoms with Crippen LogP contribution in [0.25, 0.3) is 32.9 Å². The van der Waals surface area contributed by atoms with Crippen molar-refractivity contribution in [3.05, 3.63) is 125 Å². The Balaban J connectivity index is 1.41. The highest BCUT2D eigenvalue weighted by Gasteiger charge is 2.46. The van der Waals surface area contributed by atoms with Gasteiger partial charge in [0, 0.05) is 22.2 Å². The molecule has 0 saturated heterocycles. The fourth-order valence-corrected chi connectivity index (χ4v) is 6.44. The smallest absolute Gasteiger partial charge is 0.577 e. The van der Waals surface area contributed by atoms with Crippen molar-refractivity contribution in [3.63, 3.8) is 0 Å². The van der Waals surface area contributed by atoms with E-state index in [9.17, 15) is 26.3 Å². The molecule has 2 aromatic heterocycles. The van der Waals surface area contributed by atoms with Crippen LogP contribution in [0.4, 0.5) is 26.3 Å². The van der Waals surface area contributed by atoms with Crippen molar-refractivity contribution in [3.8, 4) is 34.4 Å². The summed E-state index contributed by atoms with van der Waals surface area (Å²) in [5.41, 5.74) is 0.994. The molecule has 4 aromatic carbocycles. The highest BCUT2D eigenvalue weighted by atomic mass is 27.3. The number of hydrogen-bond acceptors (Lipinski definition) is 6. The third-order valence-corrected chi connectivity index (χ3v) is 8.77. The molecule has 0 aliphatic carbocycles. The topological polar surface area (TPSA) is 77.3 Å². The molecule has 0 spiro atoms. The lowest BCUT2D eigenvalue weighted by atomic mass is 10.0. The first-order valence-corrected chi connectivity index (χ1v) is 15.8. The maximum Gasteiger partial charge on any atom is 1.20 e. The van der Waals surface area contributed by atoms with Gasteiger partial charge in [-0.3, -0.25) is 0 Å². The Morgan fingerprint density at radius 1 is 0.562 bits per heavy atom. The van der Waals surface area contributed by atoms with E-state index in [-0.39, 0.29) is 39.1 Å². The highest BCUT2D eigenvalue weighted by Crippen LogP contribution is 2.40. The van der Waals surface area contributed by atoms with Gasteiger partial charge in [-0.25, -0.2) is 9.97 Å². The minimum absolute atomic E-state index is 0.0621.